The summed E-state index contributed by atoms with van der Waals surface area (Å²) < 4.78 is 1.03. The van der Waals surface area contributed by atoms with Gasteiger partial charge in [-0.3, -0.25) is 14.5 Å². The van der Waals surface area contributed by atoms with E-state index in [2.05, 4.69) is 15.6 Å². The van der Waals surface area contributed by atoms with Crippen LogP contribution >= 0.6 is 23.1 Å². The largest absolute Gasteiger partial charge is 0.325 e. The molecule has 0 bridgehead atoms. The zero-order valence-corrected chi connectivity index (χ0v) is 14.6. The van der Waals surface area contributed by atoms with Gasteiger partial charge in [-0.05, 0) is 26.0 Å². The number of nitrogens with zero attached hydrogens (tertiary/aromatic N) is 2. The van der Waals surface area contributed by atoms with Gasteiger partial charge in [-0.15, -0.1) is 11.8 Å². The van der Waals surface area contributed by atoms with Crippen LogP contribution in [0.3, 0.4) is 0 Å². The number of imide groups is 1. The molecule has 2 fully saturated rings. The van der Waals surface area contributed by atoms with Crippen LogP contribution in [0.1, 0.15) is 31.4 Å². The van der Waals surface area contributed by atoms with Gasteiger partial charge in [0.2, 0.25) is 5.91 Å². The summed E-state index contributed by atoms with van der Waals surface area (Å²) in [6.07, 6.45) is 5.08. The summed E-state index contributed by atoms with van der Waals surface area (Å²) in [5, 5.41) is 5.91. The molecule has 23 heavy (non-hydrogen) atoms. The van der Waals surface area contributed by atoms with Crippen LogP contribution in [-0.2, 0) is 9.59 Å². The van der Waals surface area contributed by atoms with E-state index < -0.39 is 17.5 Å². The highest BCUT2D eigenvalue weighted by atomic mass is 32.2. The van der Waals surface area contributed by atoms with Gasteiger partial charge in [0, 0.05) is 0 Å². The number of rotatable bonds is 4. The molecule has 0 radical (unpaired) electrons. The predicted molar refractivity (Wildman–Crippen MR) is 88.7 cm³/mol. The van der Waals surface area contributed by atoms with Crippen LogP contribution in [0.25, 0.3) is 0 Å². The van der Waals surface area contributed by atoms with Gasteiger partial charge >= 0.3 is 6.03 Å². The van der Waals surface area contributed by atoms with E-state index in [-0.39, 0.29) is 12.5 Å². The molecular formula is C14H18N4O3S2. The number of thioether (sulfide) groups is 1. The van der Waals surface area contributed by atoms with Gasteiger partial charge in [-0.2, -0.15) is 0 Å². The van der Waals surface area contributed by atoms with Gasteiger partial charge < -0.3 is 10.6 Å². The fourth-order valence-corrected chi connectivity index (χ4v) is 4.69. The fraction of sp³-hybridized carbons (Fsp3) is 0.571. The topological polar surface area (TPSA) is 91.4 Å². The molecule has 0 atom stereocenters. The van der Waals surface area contributed by atoms with E-state index in [1.54, 1.807) is 11.8 Å². The Kier molecular flexibility index (Phi) is 4.33. The number of carbonyl (C=O) groups excluding carboxylic acids is 3. The summed E-state index contributed by atoms with van der Waals surface area (Å²) in [4.78, 5) is 41.9. The zero-order valence-electron chi connectivity index (χ0n) is 13.0. The lowest BCUT2D eigenvalue weighted by molar-refractivity contribution is -0.133. The van der Waals surface area contributed by atoms with Crippen LogP contribution in [0.4, 0.5) is 9.93 Å². The van der Waals surface area contributed by atoms with Crippen molar-refractivity contribution in [2.45, 2.75) is 42.4 Å². The van der Waals surface area contributed by atoms with Crippen LogP contribution in [0.2, 0.25) is 0 Å². The predicted octanol–water partition coefficient (Wildman–Crippen LogP) is 1.98. The SMILES string of the molecule is CSc1sc(NC(=O)CN2C(=O)NC3(CCCC3)C2=O)nc1C. The van der Waals surface area contributed by atoms with Crippen LogP contribution in [0, 0.1) is 6.92 Å². The number of hydrogen-bond acceptors (Lipinski definition) is 6. The Balaban J connectivity index is 1.65. The number of nitrogens with one attached hydrogen (secondary N) is 2. The third-order valence-electron chi connectivity index (χ3n) is 4.19. The van der Waals surface area contributed by atoms with E-state index in [0.717, 1.165) is 27.6 Å². The number of thiazole rings is 1. The van der Waals surface area contributed by atoms with Gasteiger partial charge in [0.15, 0.2) is 5.13 Å². The van der Waals surface area contributed by atoms with Crippen LogP contribution in [0.15, 0.2) is 4.21 Å². The third kappa shape index (κ3) is 2.94. The van der Waals surface area contributed by atoms with Crippen LogP contribution in [0.5, 0.6) is 0 Å². The average molecular weight is 354 g/mol. The first kappa shape index (κ1) is 16.3. The van der Waals surface area contributed by atoms with E-state index >= 15 is 0 Å². The van der Waals surface area contributed by atoms with Crippen molar-refractivity contribution in [3.63, 3.8) is 0 Å². The lowest BCUT2D eigenvalue weighted by Crippen LogP contribution is -2.44. The number of aryl methyl sites for hydroxylation is 1. The first-order valence-electron chi connectivity index (χ1n) is 7.40. The number of urea groups is 1. The third-order valence-corrected chi connectivity index (χ3v) is 6.47. The van der Waals surface area contributed by atoms with Crippen LogP contribution < -0.4 is 10.6 Å². The van der Waals surface area contributed by atoms with Crippen molar-refractivity contribution in [2.24, 2.45) is 0 Å². The number of hydrogen-bond donors (Lipinski definition) is 2. The monoisotopic (exact) mass is 354 g/mol. The molecule has 0 unspecified atom stereocenters. The molecular weight excluding hydrogens is 336 g/mol. The van der Waals surface area contributed by atoms with Gasteiger partial charge in [0.25, 0.3) is 5.91 Å². The normalized spacial score (nSPS) is 19.5. The highest BCUT2D eigenvalue weighted by Crippen LogP contribution is 2.35. The summed E-state index contributed by atoms with van der Waals surface area (Å²) in [7, 11) is 0. The Morgan fingerprint density at radius 2 is 2.13 bits per heavy atom. The van der Waals surface area contributed by atoms with Crippen molar-refractivity contribution < 1.29 is 14.4 Å². The molecule has 2 heterocycles. The first-order valence-corrected chi connectivity index (χ1v) is 9.45. The summed E-state index contributed by atoms with van der Waals surface area (Å²) in [6.45, 7) is 1.60. The Hall–Kier alpha value is -1.61. The summed E-state index contributed by atoms with van der Waals surface area (Å²) in [6, 6.07) is -0.479. The molecule has 3 rings (SSSR count). The van der Waals surface area contributed by atoms with Gasteiger partial charge in [-0.1, -0.05) is 24.2 Å². The Morgan fingerprint density at radius 1 is 1.43 bits per heavy atom. The van der Waals surface area contributed by atoms with Crippen molar-refractivity contribution in [2.75, 3.05) is 18.1 Å². The summed E-state index contributed by atoms with van der Waals surface area (Å²) in [5.74, 6) is -0.694. The maximum Gasteiger partial charge on any atom is 0.325 e. The van der Waals surface area contributed by atoms with E-state index in [1.807, 2.05) is 13.2 Å². The zero-order chi connectivity index (χ0) is 16.6. The minimum atomic E-state index is -0.777. The van der Waals surface area contributed by atoms with Crippen molar-refractivity contribution >= 4 is 46.1 Å². The quantitative estimate of drug-likeness (QED) is 0.637. The molecule has 1 saturated heterocycles. The van der Waals surface area contributed by atoms with Crippen LogP contribution in [-0.4, -0.2) is 46.1 Å². The maximum atomic E-state index is 12.5. The van der Waals surface area contributed by atoms with E-state index in [4.69, 9.17) is 0 Å². The second-order valence-corrected chi connectivity index (χ2v) is 7.83. The molecule has 2 aliphatic rings. The van der Waals surface area contributed by atoms with Gasteiger partial charge in [0.1, 0.15) is 12.1 Å². The smallest absolute Gasteiger partial charge is 0.323 e. The summed E-state index contributed by atoms with van der Waals surface area (Å²) in [5.41, 5.74) is 0.0823. The van der Waals surface area contributed by atoms with E-state index in [1.165, 1.54) is 11.3 Å². The standard InChI is InChI=1S/C14H18N4O3S2/c1-8-10(22-2)23-12(15-8)16-9(19)7-18-11(20)14(17-13(18)21)5-3-4-6-14/h3-7H2,1-2H3,(H,17,21)(H,15,16,19). The minimum absolute atomic E-state index is 0.278. The molecule has 1 spiro atoms. The number of aromatic nitrogens is 1. The Morgan fingerprint density at radius 3 is 2.74 bits per heavy atom. The van der Waals surface area contributed by atoms with E-state index in [0.29, 0.717) is 18.0 Å². The first-order chi connectivity index (χ1) is 10.9. The molecule has 0 aromatic carbocycles. The maximum absolute atomic E-state index is 12.5. The molecule has 1 aliphatic heterocycles. The molecule has 1 aliphatic carbocycles. The lowest BCUT2D eigenvalue weighted by atomic mass is 9.98. The molecule has 124 valence electrons. The molecule has 1 aromatic heterocycles. The van der Waals surface area contributed by atoms with Gasteiger partial charge in [0.05, 0.1) is 9.90 Å². The van der Waals surface area contributed by atoms with Crippen molar-refractivity contribution in [3.8, 4) is 0 Å². The lowest BCUT2D eigenvalue weighted by Gasteiger charge is -2.19. The van der Waals surface area contributed by atoms with Crippen molar-refractivity contribution in [3.05, 3.63) is 5.69 Å². The molecule has 1 saturated carbocycles. The highest BCUT2D eigenvalue weighted by Gasteiger charge is 2.52. The van der Waals surface area contributed by atoms with E-state index in [9.17, 15) is 14.4 Å². The highest BCUT2D eigenvalue weighted by molar-refractivity contribution is 8.00. The van der Waals surface area contributed by atoms with Crippen molar-refractivity contribution in [1.82, 2.24) is 15.2 Å². The second-order valence-electron chi connectivity index (χ2n) is 5.75. The molecule has 7 nitrogen and oxygen atoms in total. The van der Waals surface area contributed by atoms with Gasteiger partial charge in [-0.25, -0.2) is 9.78 Å². The van der Waals surface area contributed by atoms with Crippen molar-refractivity contribution in [1.29, 1.82) is 0 Å². The number of carbonyl (C=O) groups is 3. The fourth-order valence-electron chi connectivity index (χ4n) is 3.06. The average Bonchev–Trinajstić information content (AvgIpc) is 3.16. The minimum Gasteiger partial charge on any atom is -0.323 e. The molecule has 1 aromatic rings. The molecule has 2 N–H and O–H groups in total. The molecule has 4 amide bonds. The number of anilines is 1. The second kappa shape index (κ2) is 6.12. The summed E-state index contributed by atoms with van der Waals surface area (Å²) >= 11 is 2.95. The molecule has 9 heteroatoms. The Bertz CT molecular complexity index is 667. The Labute approximate surface area is 142 Å². The number of amides is 4.